The van der Waals surface area contributed by atoms with Crippen molar-refractivity contribution in [1.82, 2.24) is 19.5 Å². The molecular formula is C22H24N6O. The van der Waals surface area contributed by atoms with Gasteiger partial charge in [0.1, 0.15) is 17.9 Å². The zero-order valence-electron chi connectivity index (χ0n) is 16.5. The van der Waals surface area contributed by atoms with E-state index in [0.717, 1.165) is 22.5 Å². The number of nitrogen functional groups attached to an aromatic ring is 1. The highest BCUT2D eigenvalue weighted by Gasteiger charge is 2.15. The van der Waals surface area contributed by atoms with Crippen molar-refractivity contribution in [3.63, 3.8) is 0 Å². The number of fused-ring (bicyclic) bond motifs is 1. The monoisotopic (exact) mass is 388 g/mol. The molecule has 2 heterocycles. The van der Waals surface area contributed by atoms with E-state index in [2.05, 4.69) is 24.1 Å². The van der Waals surface area contributed by atoms with Crippen LogP contribution >= 0.6 is 0 Å². The molecule has 2 aromatic heterocycles. The normalized spacial score (nSPS) is 11.1. The summed E-state index contributed by atoms with van der Waals surface area (Å²) in [4.78, 5) is 14.0. The van der Waals surface area contributed by atoms with Gasteiger partial charge in [0.2, 0.25) is 0 Å². The topological polar surface area (TPSA) is 90.9 Å². The molecule has 0 saturated heterocycles. The van der Waals surface area contributed by atoms with E-state index < -0.39 is 0 Å². The SMILES string of the molecule is CC(C)n1cnc2c(NCCOc3ccccc3)nc(-c3cccc(N)c3)nc21. The molecule has 7 heteroatoms. The Bertz CT molecular complexity index is 1110. The van der Waals surface area contributed by atoms with Crippen LogP contribution in [-0.4, -0.2) is 32.7 Å². The second-order valence-corrected chi connectivity index (χ2v) is 7.03. The molecule has 0 aliphatic rings. The lowest BCUT2D eigenvalue weighted by atomic mass is 10.2. The van der Waals surface area contributed by atoms with E-state index in [1.807, 2.05) is 59.2 Å². The lowest BCUT2D eigenvalue weighted by Gasteiger charge is -2.12. The van der Waals surface area contributed by atoms with Crippen molar-refractivity contribution < 1.29 is 4.74 Å². The number of nitrogens with two attached hydrogens (primary N) is 1. The highest BCUT2D eigenvalue weighted by Crippen LogP contribution is 2.26. The van der Waals surface area contributed by atoms with Crippen LogP contribution in [-0.2, 0) is 0 Å². The molecule has 2 aromatic carbocycles. The van der Waals surface area contributed by atoms with Crippen molar-refractivity contribution in [1.29, 1.82) is 0 Å². The van der Waals surface area contributed by atoms with Gasteiger partial charge in [-0.2, -0.15) is 0 Å². The summed E-state index contributed by atoms with van der Waals surface area (Å²) in [5.74, 6) is 2.13. The Balaban J connectivity index is 1.62. The molecule has 0 radical (unpaired) electrons. The fraction of sp³-hybridized carbons (Fsp3) is 0.227. The van der Waals surface area contributed by atoms with Gasteiger partial charge in [-0.25, -0.2) is 15.0 Å². The third kappa shape index (κ3) is 4.13. The van der Waals surface area contributed by atoms with Crippen molar-refractivity contribution in [2.24, 2.45) is 0 Å². The van der Waals surface area contributed by atoms with E-state index in [0.29, 0.717) is 30.5 Å². The first kappa shape index (κ1) is 18.7. The van der Waals surface area contributed by atoms with E-state index in [-0.39, 0.29) is 6.04 Å². The van der Waals surface area contributed by atoms with E-state index in [1.54, 1.807) is 6.33 Å². The average molecular weight is 388 g/mol. The van der Waals surface area contributed by atoms with Gasteiger partial charge in [-0.3, -0.25) is 0 Å². The quantitative estimate of drug-likeness (QED) is 0.365. The highest BCUT2D eigenvalue weighted by molar-refractivity contribution is 5.85. The lowest BCUT2D eigenvalue weighted by Crippen LogP contribution is -2.13. The molecule has 0 unspecified atom stereocenters. The van der Waals surface area contributed by atoms with Crippen molar-refractivity contribution in [3.05, 3.63) is 60.9 Å². The fourth-order valence-corrected chi connectivity index (χ4v) is 3.08. The van der Waals surface area contributed by atoms with E-state index >= 15 is 0 Å². The molecule has 0 aliphatic carbocycles. The van der Waals surface area contributed by atoms with Gasteiger partial charge in [0.15, 0.2) is 17.3 Å². The average Bonchev–Trinajstić information content (AvgIpc) is 3.16. The Labute approximate surface area is 169 Å². The molecule has 3 N–H and O–H groups in total. The van der Waals surface area contributed by atoms with Crippen LogP contribution in [0, 0.1) is 0 Å². The second-order valence-electron chi connectivity index (χ2n) is 7.03. The van der Waals surface area contributed by atoms with Crippen LogP contribution in [0.1, 0.15) is 19.9 Å². The molecule has 0 saturated carbocycles. The molecule has 0 fully saturated rings. The number of anilines is 2. The van der Waals surface area contributed by atoms with E-state index in [4.69, 9.17) is 20.4 Å². The van der Waals surface area contributed by atoms with E-state index in [9.17, 15) is 0 Å². The molecule has 4 rings (SSSR count). The first-order valence-electron chi connectivity index (χ1n) is 9.64. The number of para-hydroxylation sites is 1. The summed E-state index contributed by atoms with van der Waals surface area (Å²) in [5, 5.41) is 3.35. The predicted octanol–water partition coefficient (Wildman–Crippen LogP) is 4.15. The molecule has 29 heavy (non-hydrogen) atoms. The van der Waals surface area contributed by atoms with Crippen molar-refractivity contribution >= 4 is 22.7 Å². The van der Waals surface area contributed by atoms with Gasteiger partial charge in [-0.15, -0.1) is 0 Å². The summed E-state index contributed by atoms with van der Waals surface area (Å²) >= 11 is 0. The molecular weight excluding hydrogens is 364 g/mol. The number of ether oxygens (including phenoxy) is 1. The number of rotatable bonds is 7. The molecule has 7 nitrogen and oxygen atoms in total. The first-order chi connectivity index (χ1) is 14.1. The van der Waals surface area contributed by atoms with Gasteiger partial charge >= 0.3 is 0 Å². The molecule has 0 amide bonds. The number of benzene rings is 2. The molecule has 0 aliphatic heterocycles. The predicted molar refractivity (Wildman–Crippen MR) is 116 cm³/mol. The van der Waals surface area contributed by atoms with Gasteiger partial charge in [0.25, 0.3) is 0 Å². The smallest absolute Gasteiger partial charge is 0.166 e. The summed E-state index contributed by atoms with van der Waals surface area (Å²) in [6, 6.07) is 17.6. The standard InChI is InChI=1S/C22H24N6O/c1-15(2)28-14-25-19-21(24-11-12-29-18-9-4-3-5-10-18)26-20(27-22(19)28)16-7-6-8-17(23)13-16/h3-10,13-15H,11-12,23H2,1-2H3,(H,24,26,27). The minimum atomic E-state index is 0.234. The maximum atomic E-state index is 5.95. The number of hydrogen-bond acceptors (Lipinski definition) is 6. The number of imidazole rings is 1. The Kier molecular flexibility index (Phi) is 5.29. The second kappa shape index (κ2) is 8.18. The third-order valence-corrected chi connectivity index (χ3v) is 4.53. The Morgan fingerprint density at radius 1 is 1.07 bits per heavy atom. The Morgan fingerprint density at radius 3 is 2.66 bits per heavy atom. The molecule has 4 aromatic rings. The molecule has 0 spiro atoms. The Hall–Kier alpha value is -3.61. The lowest BCUT2D eigenvalue weighted by molar-refractivity contribution is 0.333. The maximum absolute atomic E-state index is 5.95. The number of aromatic nitrogens is 4. The van der Waals surface area contributed by atoms with Crippen LogP contribution < -0.4 is 15.8 Å². The minimum absolute atomic E-state index is 0.234. The molecule has 0 bridgehead atoms. The van der Waals surface area contributed by atoms with Gasteiger partial charge in [-0.05, 0) is 38.1 Å². The summed E-state index contributed by atoms with van der Waals surface area (Å²) in [6.45, 7) is 5.30. The van der Waals surface area contributed by atoms with Crippen molar-refractivity contribution in [3.8, 4) is 17.1 Å². The summed E-state index contributed by atoms with van der Waals surface area (Å²) in [7, 11) is 0. The highest BCUT2D eigenvalue weighted by atomic mass is 16.5. The van der Waals surface area contributed by atoms with Gasteiger partial charge < -0.3 is 20.4 Å². The number of nitrogens with zero attached hydrogens (tertiary/aromatic N) is 4. The molecule has 148 valence electrons. The van der Waals surface area contributed by atoms with Crippen molar-refractivity contribution in [2.75, 3.05) is 24.2 Å². The third-order valence-electron chi connectivity index (χ3n) is 4.53. The number of nitrogens with one attached hydrogen (secondary N) is 1. The van der Waals surface area contributed by atoms with Crippen molar-refractivity contribution in [2.45, 2.75) is 19.9 Å². The van der Waals surface area contributed by atoms with E-state index in [1.165, 1.54) is 0 Å². The van der Waals surface area contributed by atoms with Crippen LogP contribution in [0.4, 0.5) is 11.5 Å². The van der Waals surface area contributed by atoms with Crippen LogP contribution in [0.25, 0.3) is 22.6 Å². The van der Waals surface area contributed by atoms with Crippen LogP contribution in [0.3, 0.4) is 0 Å². The minimum Gasteiger partial charge on any atom is -0.492 e. The zero-order chi connectivity index (χ0) is 20.2. The van der Waals surface area contributed by atoms with Crippen LogP contribution in [0.15, 0.2) is 60.9 Å². The van der Waals surface area contributed by atoms with Gasteiger partial charge in [0, 0.05) is 17.3 Å². The first-order valence-corrected chi connectivity index (χ1v) is 9.64. The summed E-state index contributed by atoms with van der Waals surface area (Å²) in [6.07, 6.45) is 1.80. The number of hydrogen-bond donors (Lipinski definition) is 2. The Morgan fingerprint density at radius 2 is 1.90 bits per heavy atom. The van der Waals surface area contributed by atoms with Gasteiger partial charge in [-0.1, -0.05) is 30.3 Å². The van der Waals surface area contributed by atoms with Crippen LogP contribution in [0.2, 0.25) is 0 Å². The zero-order valence-corrected chi connectivity index (χ0v) is 16.5. The fourth-order valence-electron chi connectivity index (χ4n) is 3.08. The largest absolute Gasteiger partial charge is 0.492 e. The summed E-state index contributed by atoms with van der Waals surface area (Å²) < 4.78 is 7.81. The van der Waals surface area contributed by atoms with Gasteiger partial charge in [0.05, 0.1) is 12.9 Å². The maximum Gasteiger partial charge on any atom is 0.166 e. The molecule has 0 atom stereocenters. The van der Waals surface area contributed by atoms with Crippen LogP contribution in [0.5, 0.6) is 5.75 Å². The summed E-state index contributed by atoms with van der Waals surface area (Å²) in [5.41, 5.74) is 9.03.